The third-order valence-corrected chi connectivity index (χ3v) is 3.70. The van der Waals surface area contributed by atoms with Crippen molar-refractivity contribution in [2.45, 2.75) is 19.3 Å². The molecule has 0 amide bonds. The molecular weight excluding hydrogens is 258 g/mol. The van der Waals surface area contributed by atoms with Crippen LogP contribution in [-0.2, 0) is 4.79 Å². The van der Waals surface area contributed by atoms with Crippen LogP contribution in [0.1, 0.15) is 29.6 Å². The van der Waals surface area contributed by atoms with Crippen LogP contribution in [0.3, 0.4) is 0 Å². The normalized spacial score (nSPS) is 19.7. The number of carboxylic acid groups (broad SMARTS) is 1. The highest BCUT2D eigenvalue weighted by Gasteiger charge is 2.25. The number of hydrogen-bond donors (Lipinski definition) is 2. The van der Waals surface area contributed by atoms with Gasteiger partial charge in [0.05, 0.1) is 5.92 Å². The minimum absolute atomic E-state index is 0.0162. The number of benzene rings is 1. The number of Topliss-reactive ketones (excluding diaryl/α,β-unsaturated/α-hetero) is 1. The van der Waals surface area contributed by atoms with Crippen molar-refractivity contribution in [1.29, 1.82) is 0 Å². The molecule has 0 radical (unpaired) electrons. The number of ketones is 1. The maximum absolute atomic E-state index is 12.0. The lowest BCUT2D eigenvalue weighted by Gasteiger charge is -2.30. The van der Waals surface area contributed by atoms with Crippen molar-refractivity contribution in [3.8, 4) is 5.75 Å². The number of nitrogens with zero attached hydrogens (tertiary/aromatic N) is 1. The summed E-state index contributed by atoms with van der Waals surface area (Å²) >= 11 is 0. The Morgan fingerprint density at radius 1 is 1.25 bits per heavy atom. The molecule has 1 atom stereocenters. The number of rotatable bonds is 5. The molecule has 20 heavy (non-hydrogen) atoms. The molecule has 0 aromatic heterocycles. The fourth-order valence-corrected chi connectivity index (χ4v) is 2.51. The summed E-state index contributed by atoms with van der Waals surface area (Å²) < 4.78 is 0. The van der Waals surface area contributed by atoms with Crippen LogP contribution in [0.25, 0.3) is 0 Å². The first-order chi connectivity index (χ1) is 9.56. The van der Waals surface area contributed by atoms with Gasteiger partial charge in [-0.15, -0.1) is 0 Å². The number of carboxylic acids is 1. The topological polar surface area (TPSA) is 77.8 Å². The average Bonchev–Trinajstić information content (AvgIpc) is 2.46. The standard InChI is InChI=1S/C15H19NO4/c17-13-5-3-11(4-6-13)14(18)7-9-16-8-1-2-12(10-16)15(19)20/h3-6,12,17H,1-2,7-10H2,(H,19,20). The molecule has 0 spiro atoms. The fourth-order valence-electron chi connectivity index (χ4n) is 2.51. The van der Waals surface area contributed by atoms with E-state index >= 15 is 0 Å². The van der Waals surface area contributed by atoms with Crippen molar-refractivity contribution in [3.05, 3.63) is 29.8 Å². The van der Waals surface area contributed by atoms with Crippen molar-refractivity contribution in [3.63, 3.8) is 0 Å². The molecule has 0 bridgehead atoms. The van der Waals surface area contributed by atoms with Crippen molar-refractivity contribution in [1.82, 2.24) is 4.90 Å². The van der Waals surface area contributed by atoms with Gasteiger partial charge in [-0.25, -0.2) is 0 Å². The molecule has 108 valence electrons. The first kappa shape index (κ1) is 14.5. The molecule has 5 heteroatoms. The van der Waals surface area contributed by atoms with Gasteiger partial charge in [0, 0.05) is 25.1 Å². The minimum Gasteiger partial charge on any atom is -0.508 e. The highest BCUT2D eigenvalue weighted by molar-refractivity contribution is 5.96. The summed E-state index contributed by atoms with van der Waals surface area (Å²) in [5.41, 5.74) is 0.578. The van der Waals surface area contributed by atoms with Gasteiger partial charge in [0.2, 0.25) is 0 Å². The number of carbonyl (C=O) groups excluding carboxylic acids is 1. The Hall–Kier alpha value is -1.88. The van der Waals surface area contributed by atoms with Gasteiger partial charge in [-0.3, -0.25) is 9.59 Å². The molecule has 2 N–H and O–H groups in total. The van der Waals surface area contributed by atoms with Crippen molar-refractivity contribution >= 4 is 11.8 Å². The second kappa shape index (κ2) is 6.52. The van der Waals surface area contributed by atoms with E-state index in [1.807, 2.05) is 4.90 Å². The summed E-state index contributed by atoms with van der Waals surface area (Å²) in [6, 6.07) is 6.20. The second-order valence-electron chi connectivity index (χ2n) is 5.20. The van der Waals surface area contributed by atoms with E-state index in [1.54, 1.807) is 12.1 Å². The number of phenolic OH excluding ortho intramolecular Hbond substituents is 1. The SMILES string of the molecule is O=C(CCN1CCCC(C(=O)O)C1)c1ccc(O)cc1. The Morgan fingerprint density at radius 3 is 2.60 bits per heavy atom. The van der Waals surface area contributed by atoms with Crippen LogP contribution in [0.5, 0.6) is 5.75 Å². The molecule has 5 nitrogen and oxygen atoms in total. The van der Waals surface area contributed by atoms with E-state index in [0.29, 0.717) is 25.1 Å². The van der Waals surface area contributed by atoms with Crippen LogP contribution in [0, 0.1) is 5.92 Å². The molecule has 1 fully saturated rings. The molecule has 1 saturated heterocycles. The van der Waals surface area contributed by atoms with Gasteiger partial charge in [-0.05, 0) is 43.7 Å². The zero-order valence-corrected chi connectivity index (χ0v) is 11.3. The van der Waals surface area contributed by atoms with Gasteiger partial charge in [-0.2, -0.15) is 0 Å². The van der Waals surface area contributed by atoms with E-state index in [4.69, 9.17) is 5.11 Å². The third-order valence-electron chi connectivity index (χ3n) is 3.70. The Balaban J connectivity index is 1.84. The van der Waals surface area contributed by atoms with Crippen LogP contribution >= 0.6 is 0 Å². The first-order valence-corrected chi connectivity index (χ1v) is 6.83. The summed E-state index contributed by atoms with van der Waals surface area (Å²) in [4.78, 5) is 25.0. The van der Waals surface area contributed by atoms with Crippen molar-refractivity contribution in [2.75, 3.05) is 19.6 Å². The Labute approximate surface area is 117 Å². The predicted octanol–water partition coefficient (Wildman–Crippen LogP) is 1.76. The van der Waals surface area contributed by atoms with E-state index in [0.717, 1.165) is 19.4 Å². The molecule has 1 aliphatic heterocycles. The number of likely N-dealkylation sites (tertiary alicyclic amines) is 1. The van der Waals surface area contributed by atoms with Crippen LogP contribution in [0.2, 0.25) is 0 Å². The van der Waals surface area contributed by atoms with Crippen LogP contribution in [-0.4, -0.2) is 46.5 Å². The molecule has 1 aromatic rings. The molecule has 1 aromatic carbocycles. The number of aromatic hydroxyl groups is 1. The van der Waals surface area contributed by atoms with Crippen molar-refractivity contribution in [2.24, 2.45) is 5.92 Å². The van der Waals surface area contributed by atoms with Gasteiger partial charge in [0.25, 0.3) is 0 Å². The van der Waals surface area contributed by atoms with Gasteiger partial charge in [0.1, 0.15) is 5.75 Å². The summed E-state index contributed by atoms with van der Waals surface area (Å²) in [5.74, 6) is -0.906. The largest absolute Gasteiger partial charge is 0.508 e. The molecule has 0 aliphatic carbocycles. The number of carbonyl (C=O) groups is 2. The first-order valence-electron chi connectivity index (χ1n) is 6.83. The number of piperidine rings is 1. The molecule has 1 aliphatic rings. The maximum Gasteiger partial charge on any atom is 0.307 e. The van der Waals surface area contributed by atoms with E-state index in [9.17, 15) is 14.7 Å². The zero-order valence-electron chi connectivity index (χ0n) is 11.3. The smallest absolute Gasteiger partial charge is 0.307 e. The van der Waals surface area contributed by atoms with E-state index in [1.165, 1.54) is 12.1 Å². The van der Waals surface area contributed by atoms with Crippen LogP contribution < -0.4 is 0 Å². The summed E-state index contributed by atoms with van der Waals surface area (Å²) in [6.07, 6.45) is 1.96. The quantitative estimate of drug-likeness (QED) is 0.802. The lowest BCUT2D eigenvalue weighted by atomic mass is 9.98. The molecule has 1 unspecified atom stereocenters. The Kier molecular flexibility index (Phi) is 4.74. The van der Waals surface area contributed by atoms with Crippen LogP contribution in [0.4, 0.5) is 0 Å². The summed E-state index contributed by atoms with van der Waals surface area (Å²) in [6.45, 7) is 1.97. The van der Waals surface area contributed by atoms with E-state index in [2.05, 4.69) is 0 Å². The maximum atomic E-state index is 12.0. The van der Waals surface area contributed by atoms with Crippen LogP contribution in [0.15, 0.2) is 24.3 Å². The summed E-state index contributed by atoms with van der Waals surface area (Å²) in [7, 11) is 0. The van der Waals surface area contributed by atoms with Gasteiger partial charge >= 0.3 is 5.97 Å². The number of hydrogen-bond acceptors (Lipinski definition) is 4. The molecule has 1 heterocycles. The molecule has 2 rings (SSSR count). The summed E-state index contributed by atoms with van der Waals surface area (Å²) in [5, 5.41) is 18.2. The number of phenols is 1. The average molecular weight is 277 g/mol. The van der Waals surface area contributed by atoms with Gasteiger partial charge in [-0.1, -0.05) is 0 Å². The van der Waals surface area contributed by atoms with E-state index < -0.39 is 5.97 Å². The lowest BCUT2D eigenvalue weighted by Crippen LogP contribution is -2.39. The highest BCUT2D eigenvalue weighted by atomic mass is 16.4. The minimum atomic E-state index is -0.750. The monoisotopic (exact) mass is 277 g/mol. The predicted molar refractivity (Wildman–Crippen MR) is 73.9 cm³/mol. The van der Waals surface area contributed by atoms with Gasteiger partial charge < -0.3 is 15.1 Å². The number of aliphatic carboxylic acids is 1. The second-order valence-corrected chi connectivity index (χ2v) is 5.20. The van der Waals surface area contributed by atoms with Gasteiger partial charge in [0.15, 0.2) is 5.78 Å². The molecule has 0 saturated carbocycles. The zero-order chi connectivity index (χ0) is 14.5. The lowest BCUT2D eigenvalue weighted by molar-refractivity contribution is -0.143. The molecular formula is C15H19NO4. The van der Waals surface area contributed by atoms with Crippen molar-refractivity contribution < 1.29 is 19.8 Å². The fraction of sp³-hybridized carbons (Fsp3) is 0.467. The van der Waals surface area contributed by atoms with E-state index in [-0.39, 0.29) is 17.5 Å². The highest BCUT2D eigenvalue weighted by Crippen LogP contribution is 2.17. The third kappa shape index (κ3) is 3.81. The Morgan fingerprint density at radius 2 is 1.95 bits per heavy atom. The Bertz CT molecular complexity index is 483.